The van der Waals surface area contributed by atoms with Crippen LogP contribution in [0, 0.1) is 0 Å². The molecule has 0 radical (unpaired) electrons. The summed E-state index contributed by atoms with van der Waals surface area (Å²) in [5.41, 5.74) is 3.26. The number of rotatable bonds is 7. The number of nitrogens with zero attached hydrogens (tertiary/aromatic N) is 3. The van der Waals surface area contributed by atoms with Gasteiger partial charge in [-0.25, -0.2) is 9.97 Å². The van der Waals surface area contributed by atoms with Gasteiger partial charge in [-0.3, -0.25) is 0 Å². The first-order valence-corrected chi connectivity index (χ1v) is 8.90. The van der Waals surface area contributed by atoms with Gasteiger partial charge in [0.05, 0.1) is 18.2 Å². The van der Waals surface area contributed by atoms with Crippen molar-refractivity contribution in [3.8, 4) is 17.0 Å². The maximum atomic E-state index is 5.28. The molecule has 0 spiro atoms. The van der Waals surface area contributed by atoms with E-state index in [1.807, 2.05) is 12.1 Å². The normalized spacial score (nSPS) is 11.2. The molecule has 0 atom stereocenters. The molecule has 2 heterocycles. The van der Waals surface area contributed by atoms with E-state index in [1.54, 1.807) is 13.4 Å². The SMILES string of the molecule is CCCCNc1ncnc2c1cc(-c1ccc(OC)cc1)n2C(C)C. The van der Waals surface area contributed by atoms with Crippen molar-refractivity contribution >= 4 is 16.9 Å². The van der Waals surface area contributed by atoms with Gasteiger partial charge in [0.1, 0.15) is 23.5 Å². The smallest absolute Gasteiger partial charge is 0.146 e. The van der Waals surface area contributed by atoms with Crippen LogP contribution in [0.5, 0.6) is 5.75 Å². The van der Waals surface area contributed by atoms with Gasteiger partial charge in [-0.15, -0.1) is 0 Å². The number of hydrogen-bond acceptors (Lipinski definition) is 4. The predicted octanol–water partition coefficient (Wildman–Crippen LogP) is 4.90. The van der Waals surface area contributed by atoms with Crippen molar-refractivity contribution in [2.24, 2.45) is 0 Å². The van der Waals surface area contributed by atoms with Crippen LogP contribution >= 0.6 is 0 Å². The lowest BCUT2D eigenvalue weighted by Crippen LogP contribution is -2.06. The fourth-order valence-corrected chi connectivity index (χ4v) is 3.06. The molecule has 5 heteroatoms. The van der Waals surface area contributed by atoms with Crippen molar-refractivity contribution in [2.45, 2.75) is 39.7 Å². The molecule has 0 aliphatic heterocycles. The summed E-state index contributed by atoms with van der Waals surface area (Å²) in [6, 6.07) is 10.6. The summed E-state index contributed by atoms with van der Waals surface area (Å²) in [6.45, 7) is 7.47. The third-order valence-corrected chi connectivity index (χ3v) is 4.36. The van der Waals surface area contributed by atoms with Crippen LogP contribution in [0.1, 0.15) is 39.7 Å². The van der Waals surface area contributed by atoms with Crippen LogP contribution in [0.15, 0.2) is 36.7 Å². The standard InChI is InChI=1S/C20H26N4O/c1-5-6-11-21-19-17-12-18(15-7-9-16(25-4)10-8-15)24(14(2)3)20(17)23-13-22-19/h7-10,12-14H,5-6,11H2,1-4H3,(H,21,22,23). The second-order valence-corrected chi connectivity index (χ2v) is 6.46. The molecule has 3 rings (SSSR count). The van der Waals surface area contributed by atoms with Gasteiger partial charge in [0.2, 0.25) is 0 Å². The van der Waals surface area contributed by atoms with Gasteiger partial charge in [0.25, 0.3) is 0 Å². The van der Waals surface area contributed by atoms with E-state index in [4.69, 9.17) is 4.74 Å². The van der Waals surface area contributed by atoms with Gasteiger partial charge in [-0.2, -0.15) is 0 Å². The van der Waals surface area contributed by atoms with Gasteiger partial charge in [-0.05, 0) is 56.2 Å². The second kappa shape index (κ2) is 7.55. The number of fused-ring (bicyclic) bond motifs is 1. The molecule has 25 heavy (non-hydrogen) atoms. The highest BCUT2D eigenvalue weighted by Gasteiger charge is 2.17. The van der Waals surface area contributed by atoms with E-state index in [1.165, 1.54) is 0 Å². The first-order chi connectivity index (χ1) is 12.2. The summed E-state index contributed by atoms with van der Waals surface area (Å²) >= 11 is 0. The minimum atomic E-state index is 0.299. The third kappa shape index (κ3) is 3.45. The first-order valence-electron chi connectivity index (χ1n) is 8.90. The van der Waals surface area contributed by atoms with E-state index in [-0.39, 0.29) is 0 Å². The quantitative estimate of drug-likeness (QED) is 0.623. The molecule has 0 saturated carbocycles. The number of ether oxygens (including phenoxy) is 1. The fourth-order valence-electron chi connectivity index (χ4n) is 3.06. The molecule has 0 unspecified atom stereocenters. The molecular weight excluding hydrogens is 312 g/mol. The van der Waals surface area contributed by atoms with Crippen LogP contribution in [-0.4, -0.2) is 28.2 Å². The summed E-state index contributed by atoms with van der Waals surface area (Å²) < 4.78 is 7.54. The van der Waals surface area contributed by atoms with Gasteiger partial charge >= 0.3 is 0 Å². The molecule has 0 saturated heterocycles. The Morgan fingerprint density at radius 1 is 1.16 bits per heavy atom. The molecule has 0 fully saturated rings. The minimum Gasteiger partial charge on any atom is -0.497 e. The Morgan fingerprint density at radius 2 is 1.92 bits per heavy atom. The predicted molar refractivity (Wildman–Crippen MR) is 103 cm³/mol. The number of nitrogens with one attached hydrogen (secondary N) is 1. The highest BCUT2D eigenvalue weighted by Crippen LogP contribution is 2.33. The molecule has 132 valence electrons. The van der Waals surface area contributed by atoms with Crippen molar-refractivity contribution in [3.63, 3.8) is 0 Å². The minimum absolute atomic E-state index is 0.299. The Labute approximate surface area is 149 Å². The molecule has 0 aliphatic rings. The van der Waals surface area contributed by atoms with Gasteiger partial charge in [0.15, 0.2) is 0 Å². The second-order valence-electron chi connectivity index (χ2n) is 6.46. The molecule has 0 aliphatic carbocycles. The zero-order chi connectivity index (χ0) is 17.8. The molecule has 3 aromatic rings. The van der Waals surface area contributed by atoms with Crippen LogP contribution in [0.2, 0.25) is 0 Å². The lowest BCUT2D eigenvalue weighted by molar-refractivity contribution is 0.415. The Morgan fingerprint density at radius 3 is 2.56 bits per heavy atom. The van der Waals surface area contributed by atoms with E-state index < -0.39 is 0 Å². The van der Waals surface area contributed by atoms with Gasteiger partial charge in [0, 0.05) is 12.6 Å². The highest BCUT2D eigenvalue weighted by atomic mass is 16.5. The third-order valence-electron chi connectivity index (χ3n) is 4.36. The van der Waals surface area contributed by atoms with Crippen molar-refractivity contribution in [3.05, 3.63) is 36.7 Å². The number of unbranched alkanes of at least 4 members (excludes halogenated alkanes) is 1. The van der Waals surface area contributed by atoms with Crippen molar-refractivity contribution in [1.82, 2.24) is 14.5 Å². The lowest BCUT2D eigenvalue weighted by atomic mass is 10.1. The summed E-state index contributed by atoms with van der Waals surface area (Å²) in [5, 5.41) is 4.52. The average Bonchev–Trinajstić information content (AvgIpc) is 3.02. The average molecular weight is 338 g/mol. The zero-order valence-corrected chi connectivity index (χ0v) is 15.4. The van der Waals surface area contributed by atoms with Crippen LogP contribution in [0.4, 0.5) is 5.82 Å². The summed E-state index contributed by atoms with van der Waals surface area (Å²) in [4.78, 5) is 9.02. The monoisotopic (exact) mass is 338 g/mol. The highest BCUT2D eigenvalue weighted by molar-refractivity contribution is 5.92. The molecule has 1 N–H and O–H groups in total. The van der Waals surface area contributed by atoms with E-state index in [0.29, 0.717) is 6.04 Å². The molecule has 0 amide bonds. The topological polar surface area (TPSA) is 52.0 Å². The molecule has 0 bridgehead atoms. The Balaban J connectivity index is 2.10. The van der Waals surface area contributed by atoms with E-state index >= 15 is 0 Å². The lowest BCUT2D eigenvalue weighted by Gasteiger charge is -2.14. The Hall–Kier alpha value is -2.56. The van der Waals surface area contributed by atoms with Crippen LogP contribution in [-0.2, 0) is 0 Å². The van der Waals surface area contributed by atoms with Crippen molar-refractivity contribution in [2.75, 3.05) is 19.0 Å². The van der Waals surface area contributed by atoms with E-state index in [0.717, 1.165) is 53.2 Å². The maximum Gasteiger partial charge on any atom is 0.146 e. The first kappa shape index (κ1) is 17.3. The summed E-state index contributed by atoms with van der Waals surface area (Å²) in [6.07, 6.45) is 3.93. The van der Waals surface area contributed by atoms with Gasteiger partial charge < -0.3 is 14.6 Å². The van der Waals surface area contributed by atoms with Crippen molar-refractivity contribution in [1.29, 1.82) is 0 Å². The van der Waals surface area contributed by atoms with Gasteiger partial charge in [-0.1, -0.05) is 13.3 Å². The van der Waals surface area contributed by atoms with Crippen LogP contribution in [0.25, 0.3) is 22.3 Å². The molecular formula is C20H26N4O. The Bertz CT molecular complexity index is 837. The molecule has 1 aromatic carbocycles. The fraction of sp³-hybridized carbons (Fsp3) is 0.400. The number of aromatic nitrogens is 3. The van der Waals surface area contributed by atoms with Crippen LogP contribution in [0.3, 0.4) is 0 Å². The number of hydrogen-bond donors (Lipinski definition) is 1. The zero-order valence-electron chi connectivity index (χ0n) is 15.4. The van der Waals surface area contributed by atoms with E-state index in [2.05, 4.69) is 58.8 Å². The number of anilines is 1. The van der Waals surface area contributed by atoms with Crippen LogP contribution < -0.4 is 10.1 Å². The van der Waals surface area contributed by atoms with Crippen molar-refractivity contribution < 1.29 is 4.74 Å². The largest absolute Gasteiger partial charge is 0.497 e. The number of benzene rings is 1. The number of methoxy groups -OCH3 is 1. The molecule has 5 nitrogen and oxygen atoms in total. The Kier molecular flexibility index (Phi) is 5.22. The summed E-state index contributed by atoms with van der Waals surface area (Å²) in [5.74, 6) is 1.77. The maximum absolute atomic E-state index is 5.28. The summed E-state index contributed by atoms with van der Waals surface area (Å²) in [7, 11) is 1.68. The molecule has 2 aromatic heterocycles. The van der Waals surface area contributed by atoms with E-state index in [9.17, 15) is 0 Å².